The molecule has 1 aliphatic rings. The standard InChI is InChI=1S/C11H16N4S/c1-3-5-14-6-8-15(9-7-14)11-12-10(4-2)13-16-11/h1H,4-9H2,2H3. The molecule has 1 saturated heterocycles. The van der Waals surface area contributed by atoms with Crippen molar-refractivity contribution < 1.29 is 0 Å². The van der Waals surface area contributed by atoms with Crippen LogP contribution in [0.3, 0.4) is 0 Å². The summed E-state index contributed by atoms with van der Waals surface area (Å²) in [6.07, 6.45) is 6.21. The van der Waals surface area contributed by atoms with Gasteiger partial charge in [0.25, 0.3) is 0 Å². The van der Waals surface area contributed by atoms with E-state index in [1.165, 1.54) is 11.5 Å². The topological polar surface area (TPSA) is 32.3 Å². The molecule has 1 aromatic heterocycles. The second kappa shape index (κ2) is 5.28. The predicted molar refractivity (Wildman–Crippen MR) is 66.8 cm³/mol. The summed E-state index contributed by atoms with van der Waals surface area (Å²) in [5, 5.41) is 1.05. The van der Waals surface area contributed by atoms with Crippen molar-refractivity contribution in [2.24, 2.45) is 0 Å². The van der Waals surface area contributed by atoms with E-state index in [2.05, 4.69) is 32.0 Å². The van der Waals surface area contributed by atoms with E-state index in [9.17, 15) is 0 Å². The molecule has 0 aliphatic carbocycles. The minimum atomic E-state index is 0.754. The number of anilines is 1. The van der Waals surface area contributed by atoms with Crippen LogP contribution in [-0.2, 0) is 6.42 Å². The number of nitrogens with zero attached hydrogens (tertiary/aromatic N) is 4. The molecule has 1 fully saturated rings. The third-order valence-electron chi connectivity index (χ3n) is 2.73. The lowest BCUT2D eigenvalue weighted by molar-refractivity contribution is 0.288. The van der Waals surface area contributed by atoms with Gasteiger partial charge in [-0.3, -0.25) is 4.90 Å². The second-order valence-corrected chi connectivity index (χ2v) is 4.54. The SMILES string of the molecule is C#CCN1CCN(c2nc(CC)ns2)CC1. The van der Waals surface area contributed by atoms with Crippen molar-refractivity contribution >= 4 is 16.7 Å². The molecule has 0 saturated carbocycles. The van der Waals surface area contributed by atoms with Crippen LogP contribution in [0.1, 0.15) is 12.7 Å². The van der Waals surface area contributed by atoms with E-state index in [4.69, 9.17) is 6.42 Å². The van der Waals surface area contributed by atoms with Gasteiger partial charge < -0.3 is 4.90 Å². The van der Waals surface area contributed by atoms with Crippen LogP contribution in [0, 0.1) is 12.3 Å². The number of hydrogen-bond acceptors (Lipinski definition) is 5. The fourth-order valence-corrected chi connectivity index (χ4v) is 2.54. The summed E-state index contributed by atoms with van der Waals surface area (Å²) in [5.74, 6) is 3.64. The van der Waals surface area contributed by atoms with Crippen LogP contribution >= 0.6 is 11.5 Å². The minimum absolute atomic E-state index is 0.754. The Balaban J connectivity index is 1.91. The Morgan fingerprint density at radius 1 is 1.38 bits per heavy atom. The van der Waals surface area contributed by atoms with E-state index in [0.29, 0.717) is 0 Å². The van der Waals surface area contributed by atoms with E-state index >= 15 is 0 Å². The molecule has 2 heterocycles. The largest absolute Gasteiger partial charge is 0.344 e. The van der Waals surface area contributed by atoms with Gasteiger partial charge in [-0.15, -0.1) is 6.42 Å². The summed E-state index contributed by atoms with van der Waals surface area (Å²) >= 11 is 1.50. The van der Waals surface area contributed by atoms with Crippen LogP contribution < -0.4 is 4.90 Å². The minimum Gasteiger partial charge on any atom is -0.344 e. The zero-order chi connectivity index (χ0) is 11.4. The molecule has 0 unspecified atom stereocenters. The Hall–Kier alpha value is -1.12. The van der Waals surface area contributed by atoms with E-state index in [1.807, 2.05) is 0 Å². The van der Waals surface area contributed by atoms with Crippen molar-refractivity contribution in [2.45, 2.75) is 13.3 Å². The number of aryl methyl sites for hydroxylation is 1. The maximum Gasteiger partial charge on any atom is 0.205 e. The molecule has 0 bridgehead atoms. The van der Waals surface area contributed by atoms with Crippen LogP contribution in [0.2, 0.25) is 0 Å². The maximum atomic E-state index is 5.30. The van der Waals surface area contributed by atoms with Crippen LogP contribution in [0.25, 0.3) is 0 Å². The molecule has 2 rings (SSSR count). The van der Waals surface area contributed by atoms with E-state index in [0.717, 1.165) is 50.1 Å². The summed E-state index contributed by atoms with van der Waals surface area (Å²) in [7, 11) is 0. The monoisotopic (exact) mass is 236 g/mol. The molecule has 16 heavy (non-hydrogen) atoms. The highest BCUT2D eigenvalue weighted by Gasteiger charge is 2.18. The molecule has 4 nitrogen and oxygen atoms in total. The third-order valence-corrected chi connectivity index (χ3v) is 3.55. The van der Waals surface area contributed by atoms with Gasteiger partial charge in [0.1, 0.15) is 5.82 Å². The first kappa shape index (κ1) is 11.4. The molecule has 0 radical (unpaired) electrons. The summed E-state index contributed by atoms with van der Waals surface area (Å²) in [6.45, 7) is 6.87. The first-order valence-electron chi connectivity index (χ1n) is 5.57. The molecule has 0 spiro atoms. The van der Waals surface area contributed by atoms with Gasteiger partial charge >= 0.3 is 0 Å². The Labute approximate surface area is 100 Å². The van der Waals surface area contributed by atoms with Crippen molar-refractivity contribution in [3.05, 3.63) is 5.82 Å². The van der Waals surface area contributed by atoms with Crippen molar-refractivity contribution in [1.29, 1.82) is 0 Å². The van der Waals surface area contributed by atoms with Gasteiger partial charge in [0.15, 0.2) is 0 Å². The molecule has 5 heteroatoms. The van der Waals surface area contributed by atoms with Crippen molar-refractivity contribution in [1.82, 2.24) is 14.3 Å². The number of hydrogen-bond donors (Lipinski definition) is 0. The highest BCUT2D eigenvalue weighted by atomic mass is 32.1. The van der Waals surface area contributed by atoms with Crippen LogP contribution in [-0.4, -0.2) is 47.0 Å². The van der Waals surface area contributed by atoms with Crippen molar-refractivity contribution in [3.8, 4) is 12.3 Å². The molecule has 86 valence electrons. The fourth-order valence-electron chi connectivity index (χ4n) is 1.74. The van der Waals surface area contributed by atoms with Crippen LogP contribution in [0.4, 0.5) is 5.13 Å². The normalized spacial score (nSPS) is 17.4. The van der Waals surface area contributed by atoms with E-state index in [1.54, 1.807) is 0 Å². The quantitative estimate of drug-likeness (QED) is 0.729. The number of piperazine rings is 1. The zero-order valence-electron chi connectivity index (χ0n) is 9.52. The first-order chi connectivity index (χ1) is 7.83. The van der Waals surface area contributed by atoms with Crippen molar-refractivity contribution in [2.75, 3.05) is 37.6 Å². The van der Waals surface area contributed by atoms with E-state index in [-0.39, 0.29) is 0 Å². The number of rotatable bonds is 3. The Kier molecular flexibility index (Phi) is 3.75. The highest BCUT2D eigenvalue weighted by Crippen LogP contribution is 2.18. The summed E-state index contributed by atoms with van der Waals surface area (Å²) < 4.78 is 4.31. The molecule has 0 atom stereocenters. The summed E-state index contributed by atoms with van der Waals surface area (Å²) in [4.78, 5) is 9.08. The molecule has 1 aliphatic heterocycles. The highest BCUT2D eigenvalue weighted by molar-refractivity contribution is 7.09. The van der Waals surface area contributed by atoms with Crippen LogP contribution in [0.5, 0.6) is 0 Å². The summed E-state index contributed by atoms with van der Waals surface area (Å²) in [5.41, 5.74) is 0. The average molecular weight is 236 g/mol. The number of aromatic nitrogens is 2. The fraction of sp³-hybridized carbons (Fsp3) is 0.636. The molecule has 0 N–H and O–H groups in total. The number of terminal acetylenes is 1. The third kappa shape index (κ3) is 2.52. The predicted octanol–water partition coefficient (Wildman–Crippen LogP) is 0.856. The van der Waals surface area contributed by atoms with Crippen molar-refractivity contribution in [3.63, 3.8) is 0 Å². The molecular weight excluding hydrogens is 220 g/mol. The summed E-state index contributed by atoms with van der Waals surface area (Å²) in [6, 6.07) is 0. The smallest absolute Gasteiger partial charge is 0.205 e. The molecule has 0 aromatic carbocycles. The van der Waals surface area contributed by atoms with Gasteiger partial charge in [-0.25, -0.2) is 4.98 Å². The van der Waals surface area contributed by atoms with Gasteiger partial charge in [-0.1, -0.05) is 12.8 Å². The van der Waals surface area contributed by atoms with Gasteiger partial charge in [0, 0.05) is 44.1 Å². The molecular formula is C11H16N4S. The van der Waals surface area contributed by atoms with Gasteiger partial charge in [-0.2, -0.15) is 4.37 Å². The lowest BCUT2D eigenvalue weighted by Crippen LogP contribution is -2.46. The van der Waals surface area contributed by atoms with Gasteiger partial charge in [0.2, 0.25) is 5.13 Å². The molecule has 1 aromatic rings. The van der Waals surface area contributed by atoms with E-state index < -0.39 is 0 Å². The lowest BCUT2D eigenvalue weighted by Gasteiger charge is -2.33. The average Bonchev–Trinajstić information content (AvgIpc) is 2.79. The van der Waals surface area contributed by atoms with Gasteiger partial charge in [-0.05, 0) is 0 Å². The lowest BCUT2D eigenvalue weighted by atomic mass is 10.3. The molecule has 0 amide bonds. The van der Waals surface area contributed by atoms with Crippen LogP contribution in [0.15, 0.2) is 0 Å². The Morgan fingerprint density at radius 2 is 2.12 bits per heavy atom. The Morgan fingerprint density at radius 3 is 2.69 bits per heavy atom. The zero-order valence-corrected chi connectivity index (χ0v) is 10.3. The Bertz CT molecular complexity index is 374. The maximum absolute atomic E-state index is 5.30. The first-order valence-corrected chi connectivity index (χ1v) is 6.34. The second-order valence-electron chi connectivity index (χ2n) is 3.81. The van der Waals surface area contributed by atoms with Gasteiger partial charge in [0.05, 0.1) is 6.54 Å².